The Morgan fingerprint density at radius 1 is 1.56 bits per heavy atom. The maximum absolute atomic E-state index is 5.83. The van der Waals surface area contributed by atoms with Gasteiger partial charge in [-0.3, -0.25) is 0 Å². The highest BCUT2D eigenvalue weighted by Gasteiger charge is 2.17. The highest BCUT2D eigenvalue weighted by molar-refractivity contribution is 5.62. The average Bonchev–Trinajstić information content (AvgIpc) is 2.31. The fourth-order valence-corrected chi connectivity index (χ4v) is 2.09. The molecule has 2 heterocycles. The molecule has 2 N–H and O–H groups in total. The summed E-state index contributed by atoms with van der Waals surface area (Å²) in [5, 5.41) is 0. The summed E-state index contributed by atoms with van der Waals surface area (Å²) in [6, 6.07) is 3.90. The second-order valence-corrected chi connectivity index (χ2v) is 4.28. The number of anilines is 2. The number of ether oxygens (including phenoxy) is 1. The fraction of sp³-hybridized carbons (Fsp3) is 0.583. The van der Waals surface area contributed by atoms with E-state index in [1.807, 2.05) is 19.2 Å². The molecule has 0 bridgehead atoms. The highest BCUT2D eigenvalue weighted by atomic mass is 16.5. The molecule has 1 aliphatic rings. The lowest BCUT2D eigenvalue weighted by molar-refractivity contribution is 0.0216. The Morgan fingerprint density at radius 3 is 3.12 bits per heavy atom. The zero-order chi connectivity index (χ0) is 11.4. The van der Waals surface area contributed by atoms with Gasteiger partial charge in [0.05, 0.1) is 11.8 Å². The minimum Gasteiger partial charge on any atom is -0.382 e. The Hall–Kier alpha value is -1.29. The summed E-state index contributed by atoms with van der Waals surface area (Å²) >= 11 is 0. The van der Waals surface area contributed by atoms with Crippen molar-refractivity contribution >= 4 is 11.5 Å². The number of rotatable bonds is 3. The van der Waals surface area contributed by atoms with Gasteiger partial charge in [0, 0.05) is 26.4 Å². The normalized spacial score (nSPS) is 20.7. The predicted molar refractivity (Wildman–Crippen MR) is 65.5 cm³/mol. The molecule has 0 aromatic carbocycles. The number of pyridine rings is 1. The van der Waals surface area contributed by atoms with Gasteiger partial charge in [0.1, 0.15) is 5.82 Å². The molecule has 2 rings (SSSR count). The molecule has 0 saturated carbocycles. The van der Waals surface area contributed by atoms with Gasteiger partial charge in [-0.15, -0.1) is 0 Å². The van der Waals surface area contributed by atoms with Gasteiger partial charge in [-0.1, -0.05) is 0 Å². The summed E-state index contributed by atoms with van der Waals surface area (Å²) in [7, 11) is 2.03. The summed E-state index contributed by atoms with van der Waals surface area (Å²) in [5.74, 6) is 0.584. The molecule has 1 atom stereocenters. The van der Waals surface area contributed by atoms with Crippen LogP contribution in [0.25, 0.3) is 0 Å². The van der Waals surface area contributed by atoms with Gasteiger partial charge >= 0.3 is 0 Å². The van der Waals surface area contributed by atoms with Gasteiger partial charge in [0.15, 0.2) is 0 Å². The molecule has 4 nitrogen and oxygen atoms in total. The van der Waals surface area contributed by atoms with Gasteiger partial charge in [0.25, 0.3) is 0 Å². The molecule has 1 aliphatic heterocycles. The standard InChI is InChI=1S/C12H19N3O/c1-15(9-10-5-2-3-8-16-10)11-6-4-7-14-12(11)13/h4,6-7,10H,2-3,5,8-9H2,1H3,(H2,13,14). The number of hydrogen-bond donors (Lipinski definition) is 1. The lowest BCUT2D eigenvalue weighted by atomic mass is 10.1. The molecule has 16 heavy (non-hydrogen) atoms. The molecule has 88 valence electrons. The van der Waals surface area contributed by atoms with Crippen LogP contribution in [0.5, 0.6) is 0 Å². The summed E-state index contributed by atoms with van der Waals surface area (Å²) in [5.41, 5.74) is 6.82. The summed E-state index contributed by atoms with van der Waals surface area (Å²) in [6.45, 7) is 1.77. The van der Waals surface area contributed by atoms with Crippen LogP contribution in [-0.4, -0.2) is 31.3 Å². The van der Waals surface area contributed by atoms with E-state index in [9.17, 15) is 0 Å². The van der Waals surface area contributed by atoms with E-state index in [0.29, 0.717) is 11.9 Å². The van der Waals surface area contributed by atoms with E-state index >= 15 is 0 Å². The van der Waals surface area contributed by atoms with Crippen LogP contribution in [0.1, 0.15) is 19.3 Å². The molecule has 1 saturated heterocycles. The Labute approximate surface area is 96.4 Å². The van der Waals surface area contributed by atoms with E-state index in [4.69, 9.17) is 10.5 Å². The number of nitrogens with zero attached hydrogens (tertiary/aromatic N) is 2. The Morgan fingerprint density at radius 2 is 2.44 bits per heavy atom. The molecule has 1 unspecified atom stereocenters. The second kappa shape index (κ2) is 5.16. The molecule has 4 heteroatoms. The topological polar surface area (TPSA) is 51.4 Å². The molecule has 1 fully saturated rings. The van der Waals surface area contributed by atoms with Crippen molar-refractivity contribution in [2.45, 2.75) is 25.4 Å². The lowest BCUT2D eigenvalue weighted by Gasteiger charge is -2.28. The summed E-state index contributed by atoms with van der Waals surface area (Å²) in [6.07, 6.45) is 5.64. The molecule has 0 radical (unpaired) electrons. The van der Waals surface area contributed by atoms with Crippen molar-refractivity contribution in [3.8, 4) is 0 Å². The van der Waals surface area contributed by atoms with E-state index in [0.717, 1.165) is 25.3 Å². The molecule has 1 aromatic rings. The second-order valence-electron chi connectivity index (χ2n) is 4.28. The van der Waals surface area contributed by atoms with Crippen LogP contribution in [0.2, 0.25) is 0 Å². The third kappa shape index (κ3) is 2.64. The van der Waals surface area contributed by atoms with E-state index < -0.39 is 0 Å². The first-order valence-corrected chi connectivity index (χ1v) is 5.80. The first-order chi connectivity index (χ1) is 7.77. The van der Waals surface area contributed by atoms with Crippen molar-refractivity contribution in [3.63, 3.8) is 0 Å². The molecular weight excluding hydrogens is 202 g/mol. The number of likely N-dealkylation sites (N-methyl/N-ethyl adjacent to an activating group) is 1. The van der Waals surface area contributed by atoms with Crippen LogP contribution >= 0.6 is 0 Å². The van der Waals surface area contributed by atoms with Crippen molar-refractivity contribution in [3.05, 3.63) is 18.3 Å². The number of nitrogen functional groups attached to an aromatic ring is 1. The van der Waals surface area contributed by atoms with Crippen LogP contribution < -0.4 is 10.6 Å². The van der Waals surface area contributed by atoms with E-state index in [1.54, 1.807) is 6.20 Å². The van der Waals surface area contributed by atoms with Gasteiger partial charge in [-0.05, 0) is 31.4 Å². The third-order valence-corrected chi connectivity index (χ3v) is 2.98. The zero-order valence-electron chi connectivity index (χ0n) is 9.72. The summed E-state index contributed by atoms with van der Waals surface area (Å²) in [4.78, 5) is 6.21. The zero-order valence-corrected chi connectivity index (χ0v) is 9.72. The van der Waals surface area contributed by atoms with Gasteiger partial charge in [-0.25, -0.2) is 4.98 Å². The van der Waals surface area contributed by atoms with Crippen LogP contribution in [0, 0.1) is 0 Å². The van der Waals surface area contributed by atoms with Gasteiger partial charge in [0.2, 0.25) is 0 Å². The average molecular weight is 221 g/mol. The molecular formula is C12H19N3O. The molecule has 1 aromatic heterocycles. The van der Waals surface area contributed by atoms with Crippen molar-refractivity contribution in [2.24, 2.45) is 0 Å². The maximum Gasteiger partial charge on any atom is 0.146 e. The van der Waals surface area contributed by atoms with E-state index in [-0.39, 0.29) is 0 Å². The van der Waals surface area contributed by atoms with Crippen molar-refractivity contribution in [2.75, 3.05) is 30.8 Å². The molecule has 0 spiro atoms. The SMILES string of the molecule is CN(CC1CCCCO1)c1cccnc1N. The fourth-order valence-electron chi connectivity index (χ4n) is 2.09. The Kier molecular flexibility index (Phi) is 3.62. The Balaban J connectivity index is 1.96. The van der Waals surface area contributed by atoms with E-state index in [1.165, 1.54) is 12.8 Å². The molecule has 0 amide bonds. The summed E-state index contributed by atoms with van der Waals surface area (Å²) < 4.78 is 5.71. The van der Waals surface area contributed by atoms with Gasteiger partial charge < -0.3 is 15.4 Å². The smallest absolute Gasteiger partial charge is 0.146 e. The van der Waals surface area contributed by atoms with Crippen LogP contribution in [0.15, 0.2) is 18.3 Å². The molecule has 0 aliphatic carbocycles. The van der Waals surface area contributed by atoms with Crippen molar-refractivity contribution < 1.29 is 4.74 Å². The predicted octanol–water partition coefficient (Wildman–Crippen LogP) is 1.67. The number of nitrogens with two attached hydrogens (primary N) is 1. The van der Waals surface area contributed by atoms with Crippen LogP contribution in [-0.2, 0) is 4.74 Å². The van der Waals surface area contributed by atoms with Gasteiger partial charge in [-0.2, -0.15) is 0 Å². The number of hydrogen-bond acceptors (Lipinski definition) is 4. The monoisotopic (exact) mass is 221 g/mol. The largest absolute Gasteiger partial charge is 0.382 e. The number of aromatic nitrogens is 1. The lowest BCUT2D eigenvalue weighted by Crippen LogP contribution is -2.33. The Bertz CT molecular complexity index is 337. The van der Waals surface area contributed by atoms with Crippen LogP contribution in [0.3, 0.4) is 0 Å². The quantitative estimate of drug-likeness (QED) is 0.843. The van der Waals surface area contributed by atoms with Crippen molar-refractivity contribution in [1.82, 2.24) is 4.98 Å². The van der Waals surface area contributed by atoms with Crippen LogP contribution in [0.4, 0.5) is 11.5 Å². The highest BCUT2D eigenvalue weighted by Crippen LogP contribution is 2.21. The van der Waals surface area contributed by atoms with E-state index in [2.05, 4.69) is 9.88 Å². The minimum absolute atomic E-state index is 0.332. The maximum atomic E-state index is 5.83. The van der Waals surface area contributed by atoms with Crippen molar-refractivity contribution in [1.29, 1.82) is 0 Å². The third-order valence-electron chi connectivity index (χ3n) is 2.98. The first kappa shape index (κ1) is 11.2. The first-order valence-electron chi connectivity index (χ1n) is 5.80. The minimum atomic E-state index is 0.332.